The van der Waals surface area contributed by atoms with Crippen LogP contribution in [0.1, 0.15) is 32.1 Å². The van der Waals surface area contributed by atoms with Gasteiger partial charge in [-0.15, -0.1) is 0 Å². The Morgan fingerprint density at radius 3 is 2.47 bits per heavy atom. The number of piperazine rings is 1. The van der Waals surface area contributed by atoms with Gasteiger partial charge in [0.1, 0.15) is 0 Å². The van der Waals surface area contributed by atoms with Crippen molar-refractivity contribution >= 4 is 17.3 Å². The van der Waals surface area contributed by atoms with Crippen LogP contribution in [0.25, 0.3) is 0 Å². The molecule has 2 aliphatic rings. The van der Waals surface area contributed by atoms with Crippen LogP contribution in [0, 0.1) is 0 Å². The smallest absolute Gasteiger partial charge is 0.169 e. The number of thiocarbonyl (C=S) groups is 1. The van der Waals surface area contributed by atoms with Gasteiger partial charge >= 0.3 is 0 Å². The Morgan fingerprint density at radius 1 is 1.13 bits per heavy atom. The van der Waals surface area contributed by atoms with Crippen LogP contribution in [0.2, 0.25) is 0 Å². The molecule has 3 nitrogen and oxygen atoms in total. The van der Waals surface area contributed by atoms with Crippen LogP contribution in [0.3, 0.4) is 0 Å². The molecule has 4 heteroatoms. The first-order valence-corrected chi connectivity index (χ1v) is 6.53. The van der Waals surface area contributed by atoms with E-state index < -0.39 is 0 Å². The van der Waals surface area contributed by atoms with Gasteiger partial charge in [0.05, 0.1) is 0 Å². The molecule has 0 aromatic heterocycles. The number of rotatable bonds is 1. The molecule has 2 N–H and O–H groups in total. The standard InChI is InChI=1S/C11H21N3S/c15-11(14-8-6-12-7-9-14)13-10-4-2-1-3-5-10/h10,12H,1-9H2,(H,13,15). The summed E-state index contributed by atoms with van der Waals surface area (Å²) in [5, 5.41) is 7.84. The van der Waals surface area contributed by atoms with Gasteiger partial charge in [-0.05, 0) is 25.1 Å². The van der Waals surface area contributed by atoms with E-state index in [9.17, 15) is 0 Å². The van der Waals surface area contributed by atoms with Gasteiger partial charge in [0.25, 0.3) is 0 Å². The third kappa shape index (κ3) is 3.31. The van der Waals surface area contributed by atoms with E-state index in [1.165, 1.54) is 32.1 Å². The number of hydrogen-bond donors (Lipinski definition) is 2. The van der Waals surface area contributed by atoms with E-state index in [0.717, 1.165) is 31.3 Å². The second-order valence-electron chi connectivity index (χ2n) is 4.52. The summed E-state index contributed by atoms with van der Waals surface area (Å²) in [5.41, 5.74) is 0. The quantitative estimate of drug-likeness (QED) is 0.656. The lowest BCUT2D eigenvalue weighted by Gasteiger charge is -2.33. The summed E-state index contributed by atoms with van der Waals surface area (Å²) >= 11 is 5.44. The van der Waals surface area contributed by atoms with Crippen molar-refractivity contribution in [3.63, 3.8) is 0 Å². The molecule has 0 aromatic carbocycles. The summed E-state index contributed by atoms with van der Waals surface area (Å²) in [6, 6.07) is 0.640. The van der Waals surface area contributed by atoms with Crippen molar-refractivity contribution in [2.45, 2.75) is 38.1 Å². The number of hydrogen-bond acceptors (Lipinski definition) is 2. The van der Waals surface area contributed by atoms with E-state index in [1.54, 1.807) is 0 Å². The zero-order valence-electron chi connectivity index (χ0n) is 9.30. The van der Waals surface area contributed by atoms with E-state index in [4.69, 9.17) is 12.2 Å². The lowest BCUT2D eigenvalue weighted by atomic mass is 9.96. The zero-order valence-corrected chi connectivity index (χ0v) is 10.1. The highest BCUT2D eigenvalue weighted by molar-refractivity contribution is 7.80. The van der Waals surface area contributed by atoms with Crippen molar-refractivity contribution in [1.82, 2.24) is 15.5 Å². The van der Waals surface area contributed by atoms with Gasteiger partial charge in [0.15, 0.2) is 5.11 Å². The molecule has 0 radical (unpaired) electrons. The fourth-order valence-corrected chi connectivity index (χ4v) is 2.73. The highest BCUT2D eigenvalue weighted by Crippen LogP contribution is 2.17. The maximum Gasteiger partial charge on any atom is 0.169 e. The maximum atomic E-state index is 5.44. The highest BCUT2D eigenvalue weighted by atomic mass is 32.1. The van der Waals surface area contributed by atoms with E-state index >= 15 is 0 Å². The predicted molar refractivity (Wildman–Crippen MR) is 67.0 cm³/mol. The fraction of sp³-hybridized carbons (Fsp3) is 0.909. The van der Waals surface area contributed by atoms with E-state index in [-0.39, 0.29) is 0 Å². The normalized spacial score (nSPS) is 23.9. The zero-order chi connectivity index (χ0) is 10.5. The van der Waals surface area contributed by atoms with Crippen LogP contribution >= 0.6 is 12.2 Å². The van der Waals surface area contributed by atoms with Crippen molar-refractivity contribution in [3.05, 3.63) is 0 Å². The molecule has 1 aliphatic carbocycles. The molecular formula is C11H21N3S. The van der Waals surface area contributed by atoms with Gasteiger partial charge < -0.3 is 15.5 Å². The third-order valence-corrected chi connectivity index (χ3v) is 3.71. The molecule has 15 heavy (non-hydrogen) atoms. The highest BCUT2D eigenvalue weighted by Gasteiger charge is 2.18. The van der Waals surface area contributed by atoms with Crippen molar-refractivity contribution in [2.24, 2.45) is 0 Å². The van der Waals surface area contributed by atoms with Crippen molar-refractivity contribution < 1.29 is 0 Å². The predicted octanol–water partition coefficient (Wildman–Crippen LogP) is 1.10. The molecule has 0 unspecified atom stereocenters. The molecule has 0 amide bonds. The minimum absolute atomic E-state index is 0.640. The molecule has 1 aliphatic heterocycles. The molecule has 0 spiro atoms. The Hall–Kier alpha value is -0.350. The number of nitrogens with zero attached hydrogens (tertiary/aromatic N) is 1. The molecule has 0 aromatic rings. The Labute approximate surface area is 97.6 Å². The average Bonchev–Trinajstić information content (AvgIpc) is 2.31. The molecule has 1 saturated heterocycles. The summed E-state index contributed by atoms with van der Waals surface area (Å²) in [5.74, 6) is 0. The monoisotopic (exact) mass is 227 g/mol. The number of nitrogens with one attached hydrogen (secondary N) is 2. The molecule has 2 rings (SSSR count). The van der Waals surface area contributed by atoms with Crippen LogP contribution in [-0.4, -0.2) is 42.2 Å². The van der Waals surface area contributed by atoms with Crippen LogP contribution in [0.5, 0.6) is 0 Å². The summed E-state index contributed by atoms with van der Waals surface area (Å²) in [6.45, 7) is 4.23. The Balaban J connectivity index is 1.74. The van der Waals surface area contributed by atoms with Gasteiger partial charge in [-0.3, -0.25) is 0 Å². The molecular weight excluding hydrogens is 206 g/mol. The van der Waals surface area contributed by atoms with Gasteiger partial charge in [0, 0.05) is 32.2 Å². The Kier molecular flexibility index (Phi) is 4.20. The van der Waals surface area contributed by atoms with E-state index in [0.29, 0.717) is 6.04 Å². The minimum Gasteiger partial charge on any atom is -0.360 e. The summed E-state index contributed by atoms with van der Waals surface area (Å²) < 4.78 is 0. The lowest BCUT2D eigenvalue weighted by Crippen LogP contribution is -2.52. The van der Waals surface area contributed by atoms with E-state index in [2.05, 4.69) is 15.5 Å². The van der Waals surface area contributed by atoms with Crippen molar-refractivity contribution in [3.8, 4) is 0 Å². The first-order chi connectivity index (χ1) is 7.36. The second-order valence-corrected chi connectivity index (χ2v) is 4.91. The summed E-state index contributed by atoms with van der Waals surface area (Å²) in [4.78, 5) is 2.29. The van der Waals surface area contributed by atoms with Gasteiger partial charge in [-0.2, -0.15) is 0 Å². The van der Waals surface area contributed by atoms with Gasteiger partial charge in [-0.1, -0.05) is 19.3 Å². The largest absolute Gasteiger partial charge is 0.360 e. The van der Waals surface area contributed by atoms with Crippen LogP contribution in [-0.2, 0) is 0 Å². The summed E-state index contributed by atoms with van der Waals surface area (Å²) in [6.07, 6.45) is 6.72. The minimum atomic E-state index is 0.640. The van der Waals surface area contributed by atoms with E-state index in [1.807, 2.05) is 0 Å². The molecule has 0 atom stereocenters. The molecule has 86 valence electrons. The summed E-state index contributed by atoms with van der Waals surface area (Å²) in [7, 11) is 0. The topological polar surface area (TPSA) is 27.3 Å². The van der Waals surface area contributed by atoms with Crippen molar-refractivity contribution in [2.75, 3.05) is 26.2 Å². The third-order valence-electron chi connectivity index (χ3n) is 3.34. The van der Waals surface area contributed by atoms with Crippen LogP contribution in [0.15, 0.2) is 0 Å². The van der Waals surface area contributed by atoms with Crippen molar-refractivity contribution in [1.29, 1.82) is 0 Å². The first-order valence-electron chi connectivity index (χ1n) is 6.12. The molecule has 1 heterocycles. The average molecular weight is 227 g/mol. The Morgan fingerprint density at radius 2 is 1.80 bits per heavy atom. The first kappa shape index (κ1) is 11.1. The fourth-order valence-electron chi connectivity index (χ4n) is 2.38. The van der Waals surface area contributed by atoms with Gasteiger partial charge in [0.2, 0.25) is 0 Å². The van der Waals surface area contributed by atoms with Crippen LogP contribution < -0.4 is 10.6 Å². The maximum absolute atomic E-state index is 5.44. The van der Waals surface area contributed by atoms with Crippen LogP contribution in [0.4, 0.5) is 0 Å². The molecule has 0 bridgehead atoms. The second kappa shape index (κ2) is 5.66. The van der Waals surface area contributed by atoms with Gasteiger partial charge in [-0.25, -0.2) is 0 Å². The molecule has 1 saturated carbocycles. The lowest BCUT2D eigenvalue weighted by molar-refractivity contribution is 0.336. The Bertz CT molecular complexity index is 208. The molecule has 2 fully saturated rings. The SMILES string of the molecule is S=C(NC1CCCCC1)N1CCNCC1.